The van der Waals surface area contributed by atoms with Crippen LogP contribution in [0, 0.1) is 0 Å². The molecule has 4 heterocycles. The lowest BCUT2D eigenvalue weighted by molar-refractivity contribution is -0.121. The van der Waals surface area contributed by atoms with Gasteiger partial charge >= 0.3 is 0 Å². The van der Waals surface area contributed by atoms with Crippen LogP contribution in [0.15, 0.2) is 121 Å². The maximum atomic E-state index is 11.5. The SMILES string of the molecule is C.CN1CC(=O)CCC(OCc2ccccc2)C1.CN1CC(O)CCC(OCc2ccccc2)C1.CN1CCC(=O)CC(OCc2ccccc2)C1.CN1CCC(O)CC(OCc2ccccc2)C1.[2H]CC. The summed E-state index contributed by atoms with van der Waals surface area (Å²) in [6.45, 7) is 11.4. The molecule has 0 spiro atoms. The van der Waals surface area contributed by atoms with E-state index in [9.17, 15) is 19.8 Å². The van der Waals surface area contributed by atoms with E-state index in [1.165, 1.54) is 16.7 Å². The molecule has 4 aromatic rings. The number of nitrogens with zero attached hydrogens (tertiary/aromatic N) is 4. The Morgan fingerprint density at radius 2 is 0.887 bits per heavy atom. The van der Waals surface area contributed by atoms with Crippen molar-refractivity contribution in [2.24, 2.45) is 0 Å². The number of rotatable bonds is 12. The Morgan fingerprint density at radius 1 is 0.479 bits per heavy atom. The minimum absolute atomic E-state index is 0. The van der Waals surface area contributed by atoms with Gasteiger partial charge in [-0.15, -0.1) is 0 Å². The molecule has 0 amide bonds. The maximum absolute atomic E-state index is 11.5. The molecule has 0 bridgehead atoms. The monoisotopic (exact) mass is 984 g/mol. The topological polar surface area (TPSA) is 124 Å². The molecule has 71 heavy (non-hydrogen) atoms. The molecule has 0 aromatic heterocycles. The van der Waals surface area contributed by atoms with E-state index in [1.807, 2.05) is 111 Å². The Morgan fingerprint density at radius 3 is 1.39 bits per heavy atom. The number of Topliss-reactive ketones (excluding diaryl/α,β-unsaturated/α-hetero) is 2. The average Bonchev–Trinajstić information content (AvgIpc) is 3.81. The van der Waals surface area contributed by atoms with Gasteiger partial charge in [0.1, 0.15) is 11.6 Å². The number of β-amino-alcohol motifs (C(OH)–C–C–N with tert-alkyl or cyclic N) is 1. The fourth-order valence-electron chi connectivity index (χ4n) is 8.69. The zero-order valence-electron chi connectivity index (χ0n) is 44.0. The van der Waals surface area contributed by atoms with Crippen LogP contribution in [0.4, 0.5) is 0 Å². The first kappa shape index (κ1) is 59.4. The van der Waals surface area contributed by atoms with Crippen molar-refractivity contribution in [3.05, 3.63) is 144 Å². The summed E-state index contributed by atoms with van der Waals surface area (Å²) in [7, 11) is 8.13. The molecule has 12 nitrogen and oxygen atoms in total. The highest BCUT2D eigenvalue weighted by atomic mass is 16.5. The highest BCUT2D eigenvalue weighted by Crippen LogP contribution is 2.18. The summed E-state index contributed by atoms with van der Waals surface area (Å²) in [4.78, 5) is 31.5. The van der Waals surface area contributed by atoms with Gasteiger partial charge in [0.25, 0.3) is 0 Å². The van der Waals surface area contributed by atoms with Crippen molar-refractivity contribution in [1.82, 2.24) is 19.6 Å². The molecule has 0 aliphatic carbocycles. The lowest BCUT2D eigenvalue weighted by Crippen LogP contribution is -2.31. The fraction of sp³-hybridized carbons (Fsp3) is 0.559. The van der Waals surface area contributed by atoms with Crippen LogP contribution in [0.2, 0.25) is 0 Å². The van der Waals surface area contributed by atoms with Crippen molar-refractivity contribution in [2.75, 3.05) is 80.5 Å². The Balaban J connectivity index is 0.000000248. The number of aliphatic hydroxyl groups excluding tert-OH is 2. The molecular weight excluding hydrogens is 893 g/mol. The number of hydrogen-bond donors (Lipinski definition) is 2. The van der Waals surface area contributed by atoms with Crippen LogP contribution in [0.3, 0.4) is 0 Å². The molecule has 4 fully saturated rings. The van der Waals surface area contributed by atoms with E-state index in [0.717, 1.165) is 83.5 Å². The van der Waals surface area contributed by atoms with Gasteiger partial charge in [-0.2, -0.15) is 0 Å². The largest absolute Gasteiger partial charge is 0.393 e. The number of carbonyl (C=O) groups excluding carboxylic acids is 2. The van der Waals surface area contributed by atoms with Crippen LogP contribution in [-0.4, -0.2) is 159 Å². The Bertz CT molecular complexity index is 1960. The molecule has 394 valence electrons. The second-order valence-electron chi connectivity index (χ2n) is 19.1. The molecule has 4 aromatic carbocycles. The lowest BCUT2D eigenvalue weighted by atomic mass is 10.1. The smallest absolute Gasteiger partial charge is 0.146 e. The third-order valence-corrected chi connectivity index (χ3v) is 12.5. The van der Waals surface area contributed by atoms with Crippen molar-refractivity contribution in [2.45, 2.75) is 136 Å². The van der Waals surface area contributed by atoms with Gasteiger partial charge in [0.2, 0.25) is 0 Å². The second-order valence-corrected chi connectivity index (χ2v) is 19.1. The summed E-state index contributed by atoms with van der Waals surface area (Å²) >= 11 is 0. The Kier molecular flexibility index (Phi) is 30.0. The summed E-state index contributed by atoms with van der Waals surface area (Å²) in [5.74, 6) is 0.630. The number of aliphatic hydroxyl groups is 2. The van der Waals surface area contributed by atoms with E-state index < -0.39 is 0 Å². The molecule has 12 heteroatoms. The summed E-state index contributed by atoms with van der Waals surface area (Å²) in [5, 5.41) is 19.4. The molecule has 8 rings (SSSR count). The molecule has 2 N–H and O–H groups in total. The van der Waals surface area contributed by atoms with Crippen LogP contribution < -0.4 is 0 Å². The normalized spacial score (nSPS) is 23.8. The van der Waals surface area contributed by atoms with Gasteiger partial charge in [0.05, 0.1) is 69.6 Å². The molecule has 4 aliphatic rings. The third kappa shape index (κ3) is 26.9. The van der Waals surface area contributed by atoms with Gasteiger partial charge in [0, 0.05) is 72.9 Å². The van der Waals surface area contributed by atoms with Crippen molar-refractivity contribution in [3.63, 3.8) is 0 Å². The van der Waals surface area contributed by atoms with Crippen LogP contribution in [0.5, 0.6) is 0 Å². The fourth-order valence-corrected chi connectivity index (χ4v) is 8.69. The minimum Gasteiger partial charge on any atom is -0.393 e. The first-order valence-electron chi connectivity index (χ1n) is 26.1. The van der Waals surface area contributed by atoms with Gasteiger partial charge < -0.3 is 43.9 Å². The summed E-state index contributed by atoms with van der Waals surface area (Å²) in [5.41, 5.74) is 4.74. The van der Waals surface area contributed by atoms with Gasteiger partial charge in [-0.3, -0.25) is 14.5 Å². The molecule has 0 radical (unpaired) electrons. The highest BCUT2D eigenvalue weighted by molar-refractivity contribution is 5.80. The van der Waals surface area contributed by atoms with Crippen LogP contribution >= 0.6 is 0 Å². The standard InChI is InChI=1S/C14H21NO2.C14H19NO2.C14H21NO2.C14H19NO2.C2H6.CH4/c2*1-15-8-7-13(16)9-14(10-15)17-11-12-5-3-2-4-6-12;2*1-15-9-13(16)7-8-14(10-15)17-11-12-5-3-2-4-6-12;1-2;/h2-6,13-14,16H,7-11H2,1H3;2-6,14H,7-11H2,1H3;2-6,13-14,16H,7-11H2,1H3;2-6,14H,7-11H2,1H3;1-2H3;1H4/i;;;;1D;. The maximum Gasteiger partial charge on any atom is 0.146 e. The quantitative estimate of drug-likeness (QED) is 0.141. The molecular formula is C59H90N4O8. The van der Waals surface area contributed by atoms with Crippen LogP contribution in [0.1, 0.15) is 96.2 Å². The Hall–Kier alpha value is -4.18. The predicted octanol–water partition coefficient (Wildman–Crippen LogP) is 8.71. The minimum atomic E-state index is -0.222. The molecule has 0 saturated carbocycles. The first-order valence-corrected chi connectivity index (χ1v) is 25.4. The molecule has 6 unspecified atom stereocenters. The molecule has 4 aliphatic heterocycles. The van der Waals surface area contributed by atoms with E-state index in [4.69, 9.17) is 20.3 Å². The van der Waals surface area contributed by atoms with Gasteiger partial charge in [-0.25, -0.2) is 0 Å². The van der Waals surface area contributed by atoms with Gasteiger partial charge in [-0.05, 0) is 76.1 Å². The van der Waals surface area contributed by atoms with E-state index >= 15 is 0 Å². The van der Waals surface area contributed by atoms with Gasteiger partial charge in [-0.1, -0.05) is 143 Å². The van der Waals surface area contributed by atoms with E-state index in [-0.39, 0.29) is 44.1 Å². The molecule has 4 saturated heterocycles. The van der Waals surface area contributed by atoms with Crippen molar-refractivity contribution < 1.29 is 40.1 Å². The predicted molar refractivity (Wildman–Crippen MR) is 287 cm³/mol. The third-order valence-electron chi connectivity index (χ3n) is 12.5. The van der Waals surface area contributed by atoms with Crippen molar-refractivity contribution in [3.8, 4) is 0 Å². The van der Waals surface area contributed by atoms with Crippen molar-refractivity contribution in [1.29, 1.82) is 0 Å². The number of likely N-dealkylation sites (tertiary alicyclic amines) is 4. The average molecular weight is 984 g/mol. The van der Waals surface area contributed by atoms with E-state index in [1.54, 1.807) is 6.92 Å². The van der Waals surface area contributed by atoms with Crippen LogP contribution in [-0.2, 0) is 55.0 Å². The number of benzene rings is 4. The molecule has 6 atom stereocenters. The number of carbonyl (C=O) groups is 2. The number of ketones is 2. The Labute approximate surface area is 429 Å². The highest BCUT2D eigenvalue weighted by Gasteiger charge is 2.24. The van der Waals surface area contributed by atoms with Gasteiger partial charge in [0.15, 0.2) is 0 Å². The van der Waals surface area contributed by atoms with E-state index in [2.05, 4.69) is 58.1 Å². The second kappa shape index (κ2) is 35.9. The zero-order valence-corrected chi connectivity index (χ0v) is 43.0. The lowest BCUT2D eigenvalue weighted by Gasteiger charge is -2.20. The number of likely N-dealkylation sites (N-methyl/N-ethyl adjacent to an activating group) is 4. The number of hydrogen-bond acceptors (Lipinski definition) is 12. The summed E-state index contributed by atoms with van der Waals surface area (Å²) in [6.07, 6.45) is 6.22. The first-order chi connectivity index (χ1) is 34.4. The summed E-state index contributed by atoms with van der Waals surface area (Å²) in [6, 6.07) is 40.7. The zero-order chi connectivity index (χ0) is 51.1. The summed E-state index contributed by atoms with van der Waals surface area (Å²) < 4.78 is 29.7. The van der Waals surface area contributed by atoms with E-state index in [0.29, 0.717) is 70.7 Å². The van der Waals surface area contributed by atoms with Crippen molar-refractivity contribution >= 4 is 11.6 Å². The van der Waals surface area contributed by atoms with Crippen LogP contribution in [0.25, 0.3) is 0 Å². The number of ether oxygens (including phenoxy) is 4.